The SMILES string of the molecule is N[S-](=O)=NC(=O)Nc1c2c(cc3c1CCC3O)CCC2. The van der Waals surface area contributed by atoms with Crippen LogP contribution in [0.1, 0.15) is 41.2 Å². The number of amides is 2. The summed E-state index contributed by atoms with van der Waals surface area (Å²) in [4.78, 5) is 11.7. The van der Waals surface area contributed by atoms with Crippen molar-refractivity contribution in [3.05, 3.63) is 28.3 Å². The topological polar surface area (TPSA) is 105 Å². The number of anilines is 1. The van der Waals surface area contributed by atoms with E-state index in [1.54, 1.807) is 0 Å². The van der Waals surface area contributed by atoms with Gasteiger partial charge in [0.1, 0.15) is 0 Å². The minimum absolute atomic E-state index is 0.466. The molecule has 0 saturated heterocycles. The molecule has 1 unspecified atom stereocenters. The van der Waals surface area contributed by atoms with Crippen LogP contribution in [0.2, 0.25) is 0 Å². The van der Waals surface area contributed by atoms with Crippen LogP contribution >= 0.6 is 0 Å². The molecule has 20 heavy (non-hydrogen) atoms. The number of nitrogens with two attached hydrogens (primary N) is 1. The monoisotopic (exact) mass is 294 g/mol. The quantitative estimate of drug-likeness (QED) is 0.686. The first-order valence-electron chi connectivity index (χ1n) is 6.61. The van der Waals surface area contributed by atoms with E-state index >= 15 is 0 Å². The minimum Gasteiger partial charge on any atom is -0.430 e. The molecule has 4 N–H and O–H groups in total. The lowest BCUT2D eigenvalue weighted by Crippen LogP contribution is -2.12. The van der Waals surface area contributed by atoms with E-state index in [2.05, 4.69) is 15.7 Å². The summed E-state index contributed by atoms with van der Waals surface area (Å²) < 4.78 is 14.1. The van der Waals surface area contributed by atoms with Gasteiger partial charge in [0.15, 0.2) is 0 Å². The standard InChI is InChI=1S/C13H16N3O3S/c14-20(19)16-13(18)15-12-8-3-1-2-7(8)6-10-9(12)4-5-11(10)17/h6,11,17H,1-5H2,(H3,14,15,16,18,19)/q-1. The summed E-state index contributed by atoms with van der Waals surface area (Å²) in [6, 6.07) is 1.36. The number of nitrogens with zero attached hydrogens (tertiary/aromatic N) is 1. The number of aliphatic hydroxyl groups is 1. The second-order valence-electron chi connectivity index (χ2n) is 5.16. The molecule has 0 spiro atoms. The Morgan fingerprint density at radius 3 is 2.95 bits per heavy atom. The van der Waals surface area contributed by atoms with Crippen LogP contribution in [0.15, 0.2) is 10.4 Å². The molecule has 2 amide bonds. The first kappa shape index (κ1) is 13.5. The lowest BCUT2D eigenvalue weighted by Gasteiger charge is -2.16. The number of aryl methyl sites for hydroxylation is 1. The van der Waals surface area contributed by atoms with E-state index < -0.39 is 22.9 Å². The Kier molecular flexibility index (Phi) is 3.49. The van der Waals surface area contributed by atoms with E-state index in [0.717, 1.165) is 48.1 Å². The van der Waals surface area contributed by atoms with Crippen molar-refractivity contribution in [1.82, 2.24) is 0 Å². The second kappa shape index (κ2) is 5.16. The Morgan fingerprint density at radius 2 is 2.20 bits per heavy atom. The van der Waals surface area contributed by atoms with Crippen LogP contribution in [0.25, 0.3) is 0 Å². The van der Waals surface area contributed by atoms with Gasteiger partial charge >= 0.3 is 6.03 Å². The predicted molar refractivity (Wildman–Crippen MR) is 75.4 cm³/mol. The molecule has 1 aromatic rings. The van der Waals surface area contributed by atoms with Crippen molar-refractivity contribution in [3.63, 3.8) is 0 Å². The van der Waals surface area contributed by atoms with Crippen molar-refractivity contribution >= 4 is 22.5 Å². The Labute approximate surface area is 118 Å². The smallest absolute Gasteiger partial charge is 0.323 e. The first-order valence-corrected chi connectivity index (χ1v) is 7.78. The lowest BCUT2D eigenvalue weighted by molar-refractivity contribution is 0.180. The zero-order valence-corrected chi connectivity index (χ0v) is 11.7. The van der Waals surface area contributed by atoms with Crippen LogP contribution in [0.5, 0.6) is 0 Å². The van der Waals surface area contributed by atoms with E-state index in [1.807, 2.05) is 0 Å². The van der Waals surface area contributed by atoms with Crippen molar-refractivity contribution in [3.8, 4) is 0 Å². The highest BCUT2D eigenvalue weighted by Crippen LogP contribution is 2.42. The molecule has 0 heterocycles. The van der Waals surface area contributed by atoms with Crippen LogP contribution in [-0.2, 0) is 34.3 Å². The van der Waals surface area contributed by atoms with Gasteiger partial charge < -0.3 is 24.1 Å². The summed E-state index contributed by atoms with van der Waals surface area (Å²) in [6.45, 7) is 0. The maximum Gasteiger partial charge on any atom is 0.323 e. The molecule has 0 bridgehead atoms. The van der Waals surface area contributed by atoms with Crippen molar-refractivity contribution in [2.24, 2.45) is 9.50 Å². The Morgan fingerprint density at radius 1 is 1.40 bits per heavy atom. The molecule has 1 aromatic carbocycles. The van der Waals surface area contributed by atoms with Crippen LogP contribution < -0.4 is 10.5 Å². The number of benzene rings is 1. The van der Waals surface area contributed by atoms with Gasteiger partial charge in [-0.3, -0.25) is 0 Å². The molecular formula is C13H16N3O3S-. The van der Waals surface area contributed by atoms with E-state index in [9.17, 15) is 14.1 Å². The van der Waals surface area contributed by atoms with Gasteiger partial charge in [-0.1, -0.05) is 6.07 Å². The van der Waals surface area contributed by atoms with Gasteiger partial charge in [-0.05, 0) is 54.4 Å². The number of carbonyl (C=O) groups is 1. The fourth-order valence-corrected chi connectivity index (χ4v) is 3.39. The highest BCUT2D eigenvalue weighted by molar-refractivity contribution is 7.72. The zero-order chi connectivity index (χ0) is 14.3. The third kappa shape index (κ3) is 2.32. The van der Waals surface area contributed by atoms with Gasteiger partial charge in [-0.25, -0.2) is 4.79 Å². The maximum absolute atomic E-state index is 11.7. The van der Waals surface area contributed by atoms with Crippen molar-refractivity contribution in [1.29, 1.82) is 0 Å². The molecule has 1 atom stereocenters. The van der Waals surface area contributed by atoms with Gasteiger partial charge in [0, 0.05) is 5.69 Å². The van der Waals surface area contributed by atoms with Crippen LogP contribution in [-0.4, -0.2) is 11.1 Å². The minimum atomic E-state index is -2.01. The molecule has 108 valence electrons. The van der Waals surface area contributed by atoms with Gasteiger partial charge in [-0.2, -0.15) is 0 Å². The van der Waals surface area contributed by atoms with E-state index in [1.165, 1.54) is 5.56 Å². The highest BCUT2D eigenvalue weighted by Gasteiger charge is 2.28. The molecule has 2 aliphatic rings. The number of hydrogen-bond acceptors (Lipinski definition) is 4. The average Bonchev–Trinajstić information content (AvgIpc) is 2.96. The molecule has 0 radical (unpaired) electrons. The Hall–Kier alpha value is -1.44. The van der Waals surface area contributed by atoms with Gasteiger partial charge in [-0.15, -0.1) is 10.8 Å². The Balaban J connectivity index is 2.06. The van der Waals surface area contributed by atoms with Crippen LogP contribution in [0, 0.1) is 0 Å². The van der Waals surface area contributed by atoms with Gasteiger partial charge in [0.25, 0.3) is 0 Å². The van der Waals surface area contributed by atoms with Crippen molar-refractivity contribution in [2.75, 3.05) is 5.32 Å². The van der Waals surface area contributed by atoms with Gasteiger partial charge in [0.05, 0.1) is 6.10 Å². The summed E-state index contributed by atoms with van der Waals surface area (Å²) in [5, 5.41) is 17.7. The number of fused-ring (bicyclic) bond motifs is 2. The molecule has 0 aliphatic heterocycles. The number of aliphatic hydroxyl groups excluding tert-OH is 1. The molecule has 0 saturated carbocycles. The summed E-state index contributed by atoms with van der Waals surface area (Å²) in [5.41, 5.74) is 4.91. The number of hydrogen-bond donors (Lipinski definition) is 3. The molecule has 3 rings (SSSR count). The van der Waals surface area contributed by atoms with Crippen molar-refractivity contribution in [2.45, 2.75) is 38.2 Å². The normalized spacial score (nSPS) is 21.6. The highest BCUT2D eigenvalue weighted by atomic mass is 32.2. The summed E-state index contributed by atoms with van der Waals surface area (Å²) >= 11 is 0. The van der Waals surface area contributed by atoms with Crippen LogP contribution in [0.4, 0.5) is 10.5 Å². The van der Waals surface area contributed by atoms with E-state index in [-0.39, 0.29) is 0 Å². The summed E-state index contributed by atoms with van der Waals surface area (Å²) in [7, 11) is -2.01. The Bertz CT molecular complexity index is 665. The third-order valence-electron chi connectivity index (χ3n) is 3.97. The summed E-state index contributed by atoms with van der Waals surface area (Å²) in [6.07, 6.45) is 3.83. The number of urea groups is 1. The molecule has 2 aliphatic carbocycles. The molecule has 0 aromatic heterocycles. The number of nitrogens with one attached hydrogen (secondary N) is 1. The molecule has 6 nitrogen and oxygen atoms in total. The fraction of sp³-hybridized carbons (Fsp3) is 0.462. The first-order chi connectivity index (χ1) is 9.56. The average molecular weight is 294 g/mol. The second-order valence-corrected chi connectivity index (χ2v) is 5.90. The largest absolute Gasteiger partial charge is 0.430 e. The van der Waals surface area contributed by atoms with E-state index in [4.69, 9.17) is 5.14 Å². The number of carbonyl (C=O) groups excluding carboxylic acids is 1. The van der Waals surface area contributed by atoms with Gasteiger partial charge in [0.2, 0.25) is 0 Å². The number of rotatable bonds is 1. The lowest BCUT2D eigenvalue weighted by atomic mass is 9.98. The van der Waals surface area contributed by atoms with Crippen molar-refractivity contribution < 1.29 is 14.1 Å². The van der Waals surface area contributed by atoms with E-state index in [0.29, 0.717) is 6.42 Å². The maximum atomic E-state index is 11.7. The molecular weight excluding hydrogens is 278 g/mol. The fourth-order valence-electron chi connectivity index (χ4n) is 3.18. The molecule has 0 fully saturated rings. The van der Waals surface area contributed by atoms with Crippen LogP contribution in [0.3, 0.4) is 0 Å². The summed E-state index contributed by atoms with van der Waals surface area (Å²) in [5.74, 6) is 0. The predicted octanol–water partition coefficient (Wildman–Crippen LogP) is 1.71. The molecule has 7 heteroatoms. The third-order valence-corrected chi connectivity index (χ3v) is 4.32. The zero-order valence-electron chi connectivity index (χ0n) is 10.9.